The second-order valence-electron chi connectivity index (χ2n) is 4.17. The molecule has 2 aliphatic rings. The lowest BCUT2D eigenvalue weighted by Gasteiger charge is -2.32. The summed E-state index contributed by atoms with van der Waals surface area (Å²) < 4.78 is 0. The molecule has 13 heavy (non-hydrogen) atoms. The molecule has 3 N–H and O–H groups in total. The van der Waals surface area contributed by atoms with E-state index < -0.39 is 0 Å². The molecule has 0 aromatic carbocycles. The topological polar surface area (TPSA) is 36.1 Å². The van der Waals surface area contributed by atoms with Gasteiger partial charge >= 0.3 is 0 Å². The molecule has 2 fully saturated rings. The minimum Gasteiger partial charge on any atom is -0.302 e. The van der Waals surface area contributed by atoms with Gasteiger partial charge in [-0.25, -0.2) is 0 Å². The van der Waals surface area contributed by atoms with Gasteiger partial charge < -0.3 is 10.6 Å². The Bertz CT molecular complexity index is 121. The molecule has 0 aromatic heterocycles. The minimum absolute atomic E-state index is 0.560. The van der Waals surface area contributed by atoms with Crippen LogP contribution in [0.25, 0.3) is 0 Å². The van der Waals surface area contributed by atoms with Crippen LogP contribution in [0.1, 0.15) is 38.5 Å². The molecule has 3 nitrogen and oxygen atoms in total. The van der Waals surface area contributed by atoms with Crippen LogP contribution in [0.15, 0.2) is 0 Å². The van der Waals surface area contributed by atoms with Crippen molar-refractivity contribution in [3.05, 3.63) is 0 Å². The van der Waals surface area contributed by atoms with Gasteiger partial charge in [0.05, 0.1) is 12.3 Å². The Morgan fingerprint density at radius 2 is 1.31 bits per heavy atom. The summed E-state index contributed by atoms with van der Waals surface area (Å²) in [6.45, 7) is 2.37. The first-order chi connectivity index (χ1) is 6.45. The molecule has 2 atom stereocenters. The van der Waals surface area contributed by atoms with Gasteiger partial charge in [-0.1, -0.05) is 0 Å². The van der Waals surface area contributed by atoms with Gasteiger partial charge in [-0.05, 0) is 51.6 Å². The van der Waals surface area contributed by atoms with Crippen molar-refractivity contribution in [2.45, 2.75) is 50.9 Å². The lowest BCUT2D eigenvalue weighted by atomic mass is 10.1. The summed E-state index contributed by atoms with van der Waals surface area (Å²) in [7, 11) is 0. The SMILES string of the molecule is C1CCC(NC2CCCCN2)NC1. The fraction of sp³-hybridized carbons (Fsp3) is 1.00. The van der Waals surface area contributed by atoms with Gasteiger partial charge in [0.2, 0.25) is 0 Å². The number of hydrogen-bond acceptors (Lipinski definition) is 3. The highest BCUT2D eigenvalue weighted by atomic mass is 15.2. The zero-order valence-electron chi connectivity index (χ0n) is 8.31. The average molecular weight is 183 g/mol. The molecule has 2 aliphatic heterocycles. The Labute approximate surface area is 80.7 Å². The summed E-state index contributed by atoms with van der Waals surface area (Å²) in [6, 6.07) is 0. The van der Waals surface area contributed by atoms with E-state index in [1.165, 1.54) is 51.6 Å². The standard InChI is InChI=1S/C10H21N3/c1-3-7-11-9(5-1)13-10-6-2-4-8-12-10/h9-13H,1-8H2. The number of piperidine rings is 2. The maximum atomic E-state index is 3.64. The molecule has 0 saturated carbocycles. The molecular weight excluding hydrogens is 162 g/mol. The average Bonchev–Trinajstić information content (AvgIpc) is 2.21. The molecule has 76 valence electrons. The van der Waals surface area contributed by atoms with Crippen LogP contribution in [0, 0.1) is 0 Å². The Morgan fingerprint density at radius 3 is 1.69 bits per heavy atom. The molecule has 0 aliphatic carbocycles. The van der Waals surface area contributed by atoms with Gasteiger partial charge in [0, 0.05) is 0 Å². The van der Waals surface area contributed by atoms with Gasteiger partial charge in [0.25, 0.3) is 0 Å². The van der Waals surface area contributed by atoms with Gasteiger partial charge in [-0.15, -0.1) is 0 Å². The zero-order chi connectivity index (χ0) is 8.93. The second-order valence-corrected chi connectivity index (χ2v) is 4.17. The summed E-state index contributed by atoms with van der Waals surface area (Å²) in [4.78, 5) is 0. The Balaban J connectivity index is 1.69. The van der Waals surface area contributed by atoms with E-state index in [1.54, 1.807) is 0 Å². The van der Waals surface area contributed by atoms with E-state index in [-0.39, 0.29) is 0 Å². The third-order valence-corrected chi connectivity index (χ3v) is 3.02. The van der Waals surface area contributed by atoms with Gasteiger partial charge in [0.15, 0.2) is 0 Å². The van der Waals surface area contributed by atoms with Crippen LogP contribution in [0.3, 0.4) is 0 Å². The van der Waals surface area contributed by atoms with Crippen LogP contribution < -0.4 is 16.0 Å². The number of nitrogens with one attached hydrogen (secondary N) is 3. The predicted molar refractivity (Wildman–Crippen MR) is 54.4 cm³/mol. The summed E-state index contributed by atoms with van der Waals surface area (Å²) in [5.41, 5.74) is 0. The summed E-state index contributed by atoms with van der Waals surface area (Å²) >= 11 is 0. The van der Waals surface area contributed by atoms with E-state index >= 15 is 0 Å². The highest BCUT2D eigenvalue weighted by Gasteiger charge is 2.18. The van der Waals surface area contributed by atoms with E-state index in [4.69, 9.17) is 0 Å². The van der Waals surface area contributed by atoms with E-state index in [0.29, 0.717) is 12.3 Å². The lowest BCUT2D eigenvalue weighted by molar-refractivity contribution is 0.256. The molecule has 3 heteroatoms. The van der Waals surface area contributed by atoms with Crippen LogP contribution >= 0.6 is 0 Å². The fourth-order valence-electron chi connectivity index (χ4n) is 2.23. The summed E-state index contributed by atoms with van der Waals surface area (Å²) in [5, 5.41) is 10.7. The van der Waals surface area contributed by atoms with Gasteiger partial charge in [-0.3, -0.25) is 5.32 Å². The fourth-order valence-corrected chi connectivity index (χ4v) is 2.23. The summed E-state index contributed by atoms with van der Waals surface area (Å²) in [5.74, 6) is 0. The number of hydrogen-bond donors (Lipinski definition) is 3. The smallest absolute Gasteiger partial charge is 0.0583 e. The van der Waals surface area contributed by atoms with Crippen molar-refractivity contribution in [2.24, 2.45) is 0 Å². The molecule has 2 heterocycles. The van der Waals surface area contributed by atoms with Crippen molar-refractivity contribution >= 4 is 0 Å². The Hall–Kier alpha value is -0.120. The normalized spacial score (nSPS) is 36.0. The highest BCUT2D eigenvalue weighted by molar-refractivity contribution is 4.76. The van der Waals surface area contributed by atoms with Crippen molar-refractivity contribution < 1.29 is 0 Å². The highest BCUT2D eigenvalue weighted by Crippen LogP contribution is 2.09. The third-order valence-electron chi connectivity index (χ3n) is 3.02. The van der Waals surface area contributed by atoms with Crippen LogP contribution in [-0.4, -0.2) is 25.4 Å². The van der Waals surface area contributed by atoms with Gasteiger partial charge in [-0.2, -0.15) is 0 Å². The van der Waals surface area contributed by atoms with Crippen molar-refractivity contribution in [1.82, 2.24) is 16.0 Å². The molecule has 0 spiro atoms. The quantitative estimate of drug-likeness (QED) is 0.592. The van der Waals surface area contributed by atoms with Crippen molar-refractivity contribution in [3.8, 4) is 0 Å². The molecule has 0 aromatic rings. The van der Waals surface area contributed by atoms with Crippen LogP contribution in [0.4, 0.5) is 0 Å². The Kier molecular flexibility index (Phi) is 3.58. The van der Waals surface area contributed by atoms with Crippen molar-refractivity contribution in [2.75, 3.05) is 13.1 Å². The van der Waals surface area contributed by atoms with E-state index in [0.717, 1.165) is 0 Å². The Morgan fingerprint density at radius 1 is 0.769 bits per heavy atom. The minimum atomic E-state index is 0.560. The second kappa shape index (κ2) is 4.94. The molecule has 2 saturated heterocycles. The molecule has 2 rings (SSSR count). The first kappa shape index (κ1) is 9.44. The first-order valence-electron chi connectivity index (χ1n) is 5.68. The van der Waals surface area contributed by atoms with Crippen molar-refractivity contribution in [1.29, 1.82) is 0 Å². The molecule has 0 bridgehead atoms. The monoisotopic (exact) mass is 183 g/mol. The molecule has 0 radical (unpaired) electrons. The van der Waals surface area contributed by atoms with E-state index in [2.05, 4.69) is 16.0 Å². The molecule has 2 unspecified atom stereocenters. The largest absolute Gasteiger partial charge is 0.302 e. The molecule has 0 amide bonds. The maximum Gasteiger partial charge on any atom is 0.0583 e. The van der Waals surface area contributed by atoms with Crippen LogP contribution in [-0.2, 0) is 0 Å². The van der Waals surface area contributed by atoms with Gasteiger partial charge in [0.1, 0.15) is 0 Å². The lowest BCUT2D eigenvalue weighted by Crippen LogP contribution is -2.55. The van der Waals surface area contributed by atoms with Crippen molar-refractivity contribution in [3.63, 3.8) is 0 Å². The van der Waals surface area contributed by atoms with E-state index in [1.807, 2.05) is 0 Å². The maximum absolute atomic E-state index is 3.64. The zero-order valence-corrected chi connectivity index (χ0v) is 8.31. The number of rotatable bonds is 2. The van der Waals surface area contributed by atoms with Crippen LogP contribution in [0.5, 0.6) is 0 Å². The van der Waals surface area contributed by atoms with E-state index in [9.17, 15) is 0 Å². The third kappa shape index (κ3) is 2.93. The predicted octanol–water partition coefficient (Wildman–Crippen LogP) is 0.775. The summed E-state index contributed by atoms with van der Waals surface area (Å²) in [6.07, 6.45) is 9.13. The van der Waals surface area contributed by atoms with Crippen LogP contribution in [0.2, 0.25) is 0 Å². The molecular formula is C10H21N3. The first-order valence-corrected chi connectivity index (χ1v) is 5.68.